The Balaban J connectivity index is 1.86. The molecule has 0 radical (unpaired) electrons. The summed E-state index contributed by atoms with van der Waals surface area (Å²) in [6.07, 6.45) is 1.66. The Hall–Kier alpha value is -2.54. The molecule has 0 aliphatic carbocycles. The van der Waals surface area contributed by atoms with Crippen LogP contribution in [0.25, 0.3) is 0 Å². The highest BCUT2D eigenvalue weighted by Crippen LogP contribution is 2.18. The van der Waals surface area contributed by atoms with E-state index in [1.165, 1.54) is 5.56 Å². The van der Waals surface area contributed by atoms with Gasteiger partial charge in [-0.3, -0.25) is 0 Å². The standard InChI is InChI=1S/C16H17N3O/c1-12-5-6-15(13(2)10-12)20-9-8-19-16-14(11-17)4-3-7-18-16/h3-7,10H,8-9H2,1-2H3,(H,18,19). The molecule has 0 bridgehead atoms. The summed E-state index contributed by atoms with van der Waals surface area (Å²) in [5.74, 6) is 1.48. The molecule has 0 aliphatic rings. The van der Waals surface area contributed by atoms with Crippen molar-refractivity contribution in [1.29, 1.82) is 5.26 Å². The molecule has 0 saturated carbocycles. The topological polar surface area (TPSA) is 57.9 Å². The molecule has 0 atom stereocenters. The van der Waals surface area contributed by atoms with Crippen LogP contribution >= 0.6 is 0 Å². The predicted octanol–water partition coefficient (Wildman–Crippen LogP) is 3.06. The van der Waals surface area contributed by atoms with E-state index < -0.39 is 0 Å². The quantitative estimate of drug-likeness (QED) is 0.846. The summed E-state index contributed by atoms with van der Waals surface area (Å²) in [5.41, 5.74) is 2.89. The van der Waals surface area contributed by atoms with Crippen LogP contribution in [0.15, 0.2) is 36.5 Å². The van der Waals surface area contributed by atoms with Crippen molar-refractivity contribution in [2.45, 2.75) is 13.8 Å². The number of aromatic nitrogens is 1. The first-order chi connectivity index (χ1) is 9.70. The number of hydrogen-bond donors (Lipinski definition) is 1. The van der Waals surface area contributed by atoms with E-state index in [0.29, 0.717) is 24.5 Å². The van der Waals surface area contributed by atoms with Crippen LogP contribution < -0.4 is 10.1 Å². The molecule has 0 spiro atoms. The number of benzene rings is 1. The van der Waals surface area contributed by atoms with Crippen molar-refractivity contribution in [2.75, 3.05) is 18.5 Å². The van der Waals surface area contributed by atoms with E-state index in [0.717, 1.165) is 11.3 Å². The monoisotopic (exact) mass is 267 g/mol. The van der Waals surface area contributed by atoms with Crippen molar-refractivity contribution in [3.63, 3.8) is 0 Å². The third kappa shape index (κ3) is 3.48. The van der Waals surface area contributed by atoms with Gasteiger partial charge in [0, 0.05) is 6.20 Å². The second-order valence-electron chi connectivity index (χ2n) is 4.56. The zero-order chi connectivity index (χ0) is 14.4. The summed E-state index contributed by atoms with van der Waals surface area (Å²) in [4.78, 5) is 4.13. The Kier molecular flexibility index (Phi) is 4.56. The number of nitrogens with one attached hydrogen (secondary N) is 1. The summed E-state index contributed by atoms with van der Waals surface area (Å²) in [6, 6.07) is 11.7. The molecular formula is C16H17N3O. The number of ether oxygens (including phenoxy) is 1. The molecule has 0 aliphatic heterocycles. The third-order valence-electron chi connectivity index (χ3n) is 2.91. The van der Waals surface area contributed by atoms with Gasteiger partial charge in [-0.2, -0.15) is 5.26 Å². The molecule has 4 nitrogen and oxygen atoms in total. The van der Waals surface area contributed by atoms with Crippen LogP contribution in [0.1, 0.15) is 16.7 Å². The molecule has 1 aromatic carbocycles. The number of nitriles is 1. The number of nitrogens with zero attached hydrogens (tertiary/aromatic N) is 2. The van der Waals surface area contributed by atoms with Gasteiger partial charge in [-0.25, -0.2) is 4.98 Å². The maximum Gasteiger partial charge on any atom is 0.144 e. The Morgan fingerprint density at radius 3 is 2.90 bits per heavy atom. The van der Waals surface area contributed by atoms with Gasteiger partial charge in [0.25, 0.3) is 0 Å². The van der Waals surface area contributed by atoms with E-state index >= 15 is 0 Å². The summed E-state index contributed by atoms with van der Waals surface area (Å²) >= 11 is 0. The van der Waals surface area contributed by atoms with Gasteiger partial charge in [0.15, 0.2) is 0 Å². The minimum Gasteiger partial charge on any atom is -0.491 e. The van der Waals surface area contributed by atoms with Crippen molar-refractivity contribution < 1.29 is 4.74 Å². The number of rotatable bonds is 5. The molecule has 0 saturated heterocycles. The van der Waals surface area contributed by atoms with E-state index in [9.17, 15) is 0 Å². The first kappa shape index (κ1) is 13.9. The Bertz CT molecular complexity index is 632. The molecule has 1 heterocycles. The highest BCUT2D eigenvalue weighted by atomic mass is 16.5. The smallest absolute Gasteiger partial charge is 0.144 e. The second-order valence-corrected chi connectivity index (χ2v) is 4.56. The lowest BCUT2D eigenvalue weighted by Crippen LogP contribution is -2.13. The van der Waals surface area contributed by atoms with Gasteiger partial charge in [0.2, 0.25) is 0 Å². The molecule has 0 amide bonds. The maximum absolute atomic E-state index is 8.95. The van der Waals surface area contributed by atoms with Crippen LogP contribution in [-0.4, -0.2) is 18.1 Å². The average Bonchev–Trinajstić information content (AvgIpc) is 2.46. The molecule has 2 rings (SSSR count). The van der Waals surface area contributed by atoms with Gasteiger partial charge in [0.1, 0.15) is 24.2 Å². The van der Waals surface area contributed by atoms with Gasteiger partial charge in [-0.1, -0.05) is 17.7 Å². The first-order valence-electron chi connectivity index (χ1n) is 6.50. The fourth-order valence-electron chi connectivity index (χ4n) is 1.93. The highest BCUT2D eigenvalue weighted by molar-refractivity contribution is 5.51. The van der Waals surface area contributed by atoms with Gasteiger partial charge >= 0.3 is 0 Å². The van der Waals surface area contributed by atoms with Gasteiger partial charge < -0.3 is 10.1 Å². The fraction of sp³-hybridized carbons (Fsp3) is 0.250. The van der Waals surface area contributed by atoms with E-state index in [-0.39, 0.29) is 0 Å². The van der Waals surface area contributed by atoms with Crippen molar-refractivity contribution in [3.05, 3.63) is 53.2 Å². The summed E-state index contributed by atoms with van der Waals surface area (Å²) in [7, 11) is 0. The molecule has 102 valence electrons. The van der Waals surface area contributed by atoms with E-state index in [2.05, 4.69) is 29.4 Å². The van der Waals surface area contributed by atoms with Gasteiger partial charge in [-0.15, -0.1) is 0 Å². The van der Waals surface area contributed by atoms with Crippen LogP contribution in [0.4, 0.5) is 5.82 Å². The lowest BCUT2D eigenvalue weighted by atomic mass is 10.1. The molecule has 0 fully saturated rings. The molecule has 0 unspecified atom stereocenters. The van der Waals surface area contributed by atoms with Crippen LogP contribution in [0.5, 0.6) is 5.75 Å². The molecule has 1 N–H and O–H groups in total. The average molecular weight is 267 g/mol. The number of pyridine rings is 1. The maximum atomic E-state index is 8.95. The van der Waals surface area contributed by atoms with Crippen LogP contribution in [0.2, 0.25) is 0 Å². The van der Waals surface area contributed by atoms with E-state index in [1.807, 2.05) is 19.1 Å². The van der Waals surface area contributed by atoms with Crippen LogP contribution in [-0.2, 0) is 0 Å². The number of anilines is 1. The Morgan fingerprint density at radius 1 is 1.30 bits per heavy atom. The van der Waals surface area contributed by atoms with Crippen molar-refractivity contribution in [3.8, 4) is 11.8 Å². The zero-order valence-corrected chi connectivity index (χ0v) is 11.7. The van der Waals surface area contributed by atoms with E-state index in [1.54, 1.807) is 18.3 Å². The van der Waals surface area contributed by atoms with Crippen molar-refractivity contribution >= 4 is 5.82 Å². The van der Waals surface area contributed by atoms with Crippen molar-refractivity contribution in [2.24, 2.45) is 0 Å². The fourth-order valence-corrected chi connectivity index (χ4v) is 1.93. The third-order valence-corrected chi connectivity index (χ3v) is 2.91. The molecule has 20 heavy (non-hydrogen) atoms. The largest absolute Gasteiger partial charge is 0.491 e. The highest BCUT2D eigenvalue weighted by Gasteiger charge is 2.02. The molecule has 2 aromatic rings. The van der Waals surface area contributed by atoms with Crippen LogP contribution in [0, 0.1) is 25.2 Å². The SMILES string of the molecule is Cc1ccc(OCCNc2ncccc2C#N)c(C)c1. The van der Waals surface area contributed by atoms with Crippen molar-refractivity contribution in [1.82, 2.24) is 4.98 Å². The first-order valence-corrected chi connectivity index (χ1v) is 6.50. The van der Waals surface area contributed by atoms with Crippen LogP contribution in [0.3, 0.4) is 0 Å². The zero-order valence-electron chi connectivity index (χ0n) is 11.7. The molecular weight excluding hydrogens is 250 g/mol. The summed E-state index contributed by atoms with van der Waals surface area (Å²) in [6.45, 7) is 5.20. The van der Waals surface area contributed by atoms with Gasteiger partial charge in [-0.05, 0) is 37.6 Å². The minimum absolute atomic E-state index is 0.519. The lowest BCUT2D eigenvalue weighted by Gasteiger charge is -2.11. The Morgan fingerprint density at radius 2 is 2.15 bits per heavy atom. The predicted molar refractivity (Wildman–Crippen MR) is 78.9 cm³/mol. The normalized spacial score (nSPS) is 9.85. The lowest BCUT2D eigenvalue weighted by molar-refractivity contribution is 0.330. The second kappa shape index (κ2) is 6.58. The number of hydrogen-bond acceptors (Lipinski definition) is 4. The molecule has 4 heteroatoms. The molecule has 1 aromatic heterocycles. The number of aryl methyl sites for hydroxylation is 2. The minimum atomic E-state index is 0.519. The summed E-state index contributed by atoms with van der Waals surface area (Å²) in [5, 5.41) is 12.1. The van der Waals surface area contributed by atoms with Gasteiger partial charge in [0.05, 0.1) is 12.1 Å². The van der Waals surface area contributed by atoms with E-state index in [4.69, 9.17) is 10.00 Å². The summed E-state index contributed by atoms with van der Waals surface area (Å²) < 4.78 is 5.71. The Labute approximate surface area is 119 Å².